The van der Waals surface area contributed by atoms with E-state index < -0.39 is 5.97 Å². The van der Waals surface area contributed by atoms with E-state index in [-0.39, 0.29) is 12.3 Å². The molecule has 0 unspecified atom stereocenters. The first-order chi connectivity index (χ1) is 9.11. The van der Waals surface area contributed by atoms with E-state index in [2.05, 4.69) is 27.2 Å². The Labute approximate surface area is 109 Å². The van der Waals surface area contributed by atoms with Crippen molar-refractivity contribution in [2.24, 2.45) is 7.05 Å². The van der Waals surface area contributed by atoms with Gasteiger partial charge in [-0.3, -0.25) is 4.68 Å². The van der Waals surface area contributed by atoms with Gasteiger partial charge in [0.05, 0.1) is 12.2 Å². The van der Waals surface area contributed by atoms with Crippen LogP contribution in [0.3, 0.4) is 0 Å². The van der Waals surface area contributed by atoms with Crippen molar-refractivity contribution < 1.29 is 9.53 Å². The number of hydrogen-bond acceptors (Lipinski definition) is 6. The number of aryl methyl sites for hydroxylation is 1. The molecule has 8 nitrogen and oxygen atoms in total. The molecule has 2 aromatic rings. The van der Waals surface area contributed by atoms with Gasteiger partial charge in [-0.25, -0.2) is 9.48 Å². The van der Waals surface area contributed by atoms with Crippen LogP contribution in [0.4, 0.5) is 0 Å². The molecule has 0 saturated heterocycles. The Morgan fingerprint density at radius 1 is 1.47 bits per heavy atom. The normalized spacial score (nSPS) is 10.4. The van der Waals surface area contributed by atoms with Crippen LogP contribution in [0, 0.1) is 6.92 Å². The van der Waals surface area contributed by atoms with Crippen molar-refractivity contribution in [3.05, 3.63) is 35.9 Å². The van der Waals surface area contributed by atoms with E-state index in [0.29, 0.717) is 12.2 Å². The number of aromatic nitrogens is 6. The lowest BCUT2D eigenvalue weighted by Crippen LogP contribution is -2.09. The van der Waals surface area contributed by atoms with Crippen LogP contribution in [0.25, 0.3) is 0 Å². The molecule has 0 radical (unpaired) electrons. The van der Waals surface area contributed by atoms with Gasteiger partial charge < -0.3 is 4.74 Å². The van der Waals surface area contributed by atoms with Crippen LogP contribution >= 0.6 is 0 Å². The Balaban J connectivity index is 2.13. The maximum Gasteiger partial charge on any atom is 0.361 e. The van der Waals surface area contributed by atoms with E-state index in [4.69, 9.17) is 4.74 Å². The molecule has 0 aliphatic rings. The molecule has 2 heterocycles. The Hall–Kier alpha value is -2.51. The zero-order chi connectivity index (χ0) is 13.8. The van der Waals surface area contributed by atoms with Crippen molar-refractivity contribution >= 4 is 5.97 Å². The van der Waals surface area contributed by atoms with E-state index in [9.17, 15) is 4.79 Å². The molecular formula is C11H14N6O2. The topological polar surface area (TPSA) is 87.7 Å². The second-order valence-corrected chi connectivity index (χ2v) is 3.95. The highest BCUT2D eigenvalue weighted by Crippen LogP contribution is 2.07. The first kappa shape index (κ1) is 12.9. The summed E-state index contributed by atoms with van der Waals surface area (Å²) in [7, 11) is 1.78. The maximum absolute atomic E-state index is 11.7. The molecule has 0 fully saturated rings. The van der Waals surface area contributed by atoms with Crippen LogP contribution in [0.2, 0.25) is 0 Å². The van der Waals surface area contributed by atoms with Gasteiger partial charge in [0.25, 0.3) is 0 Å². The molecule has 0 N–H and O–H groups in total. The summed E-state index contributed by atoms with van der Waals surface area (Å²) in [5.74, 6) is -0.511. The summed E-state index contributed by atoms with van der Waals surface area (Å²) in [6.45, 7) is 5.78. The highest BCUT2D eigenvalue weighted by molar-refractivity contribution is 5.88. The zero-order valence-electron chi connectivity index (χ0n) is 10.8. The monoisotopic (exact) mass is 262 g/mol. The smallest absolute Gasteiger partial charge is 0.361 e. The van der Waals surface area contributed by atoms with Crippen molar-refractivity contribution in [2.45, 2.75) is 13.5 Å². The second kappa shape index (κ2) is 5.42. The largest absolute Gasteiger partial charge is 0.457 e. The standard InChI is InChI=1S/C11H14N6O2/c1-4-5-19-11(18)10-8(2)17(15-13-10)7-9-6-16(3)14-12-9/h4,6H,1,5,7H2,2-3H3. The highest BCUT2D eigenvalue weighted by Gasteiger charge is 2.18. The molecule has 2 aromatic heterocycles. The van der Waals surface area contributed by atoms with Gasteiger partial charge in [-0.15, -0.1) is 10.2 Å². The van der Waals surface area contributed by atoms with Crippen molar-refractivity contribution in [1.29, 1.82) is 0 Å². The van der Waals surface area contributed by atoms with Crippen LogP contribution in [0.5, 0.6) is 0 Å². The van der Waals surface area contributed by atoms with Gasteiger partial charge in [-0.1, -0.05) is 23.1 Å². The van der Waals surface area contributed by atoms with Crippen molar-refractivity contribution in [1.82, 2.24) is 30.0 Å². The summed E-state index contributed by atoms with van der Waals surface area (Å²) in [5.41, 5.74) is 1.56. The third-order valence-electron chi connectivity index (χ3n) is 2.47. The van der Waals surface area contributed by atoms with E-state index in [1.807, 2.05) is 0 Å². The third-order valence-corrected chi connectivity index (χ3v) is 2.47. The summed E-state index contributed by atoms with van der Waals surface area (Å²) in [4.78, 5) is 11.7. The summed E-state index contributed by atoms with van der Waals surface area (Å²) in [6, 6.07) is 0. The Morgan fingerprint density at radius 2 is 2.26 bits per heavy atom. The van der Waals surface area contributed by atoms with Crippen LogP contribution in [-0.2, 0) is 18.3 Å². The maximum atomic E-state index is 11.7. The van der Waals surface area contributed by atoms with Crippen molar-refractivity contribution in [3.8, 4) is 0 Å². The molecule has 0 amide bonds. The average Bonchev–Trinajstić information content (AvgIpc) is 2.95. The van der Waals surface area contributed by atoms with Gasteiger partial charge in [0.15, 0.2) is 5.69 Å². The lowest BCUT2D eigenvalue weighted by atomic mass is 10.3. The summed E-state index contributed by atoms with van der Waals surface area (Å²) in [6.07, 6.45) is 3.27. The predicted molar refractivity (Wildman–Crippen MR) is 65.3 cm³/mol. The Kier molecular flexibility index (Phi) is 3.69. The molecule has 100 valence electrons. The van der Waals surface area contributed by atoms with Gasteiger partial charge in [0, 0.05) is 13.2 Å². The fourth-order valence-corrected chi connectivity index (χ4v) is 1.52. The summed E-state index contributed by atoms with van der Waals surface area (Å²) in [5, 5.41) is 15.5. The highest BCUT2D eigenvalue weighted by atomic mass is 16.5. The lowest BCUT2D eigenvalue weighted by molar-refractivity contribution is 0.0542. The van der Waals surface area contributed by atoms with Crippen molar-refractivity contribution in [2.75, 3.05) is 6.61 Å². The Morgan fingerprint density at radius 3 is 2.89 bits per heavy atom. The van der Waals surface area contributed by atoms with Crippen LogP contribution in [0.15, 0.2) is 18.9 Å². The minimum absolute atomic E-state index is 0.148. The third kappa shape index (κ3) is 2.84. The number of hydrogen-bond donors (Lipinski definition) is 0. The number of nitrogens with zero attached hydrogens (tertiary/aromatic N) is 6. The molecule has 0 aliphatic carbocycles. The minimum atomic E-state index is -0.511. The molecule has 8 heteroatoms. The number of esters is 1. The number of rotatable bonds is 5. The van der Waals surface area contributed by atoms with E-state index >= 15 is 0 Å². The SMILES string of the molecule is C=CCOC(=O)c1nnn(Cc2cn(C)nn2)c1C. The Bertz CT molecular complexity index is 600. The number of ether oxygens (including phenoxy) is 1. The van der Waals surface area contributed by atoms with Gasteiger partial charge in [0.2, 0.25) is 0 Å². The van der Waals surface area contributed by atoms with E-state index in [1.54, 1.807) is 29.5 Å². The molecular weight excluding hydrogens is 248 g/mol. The molecule has 0 bridgehead atoms. The second-order valence-electron chi connectivity index (χ2n) is 3.95. The predicted octanol–water partition coefficient (Wildman–Crippen LogP) is 0.106. The average molecular weight is 262 g/mol. The number of carbonyl (C=O) groups is 1. The summed E-state index contributed by atoms with van der Waals surface area (Å²) >= 11 is 0. The van der Waals surface area contributed by atoms with Gasteiger partial charge in [-0.05, 0) is 6.92 Å². The van der Waals surface area contributed by atoms with Gasteiger partial charge >= 0.3 is 5.97 Å². The van der Waals surface area contributed by atoms with Crippen LogP contribution in [0.1, 0.15) is 21.9 Å². The molecule has 0 spiro atoms. The molecule has 0 aromatic carbocycles. The molecule has 0 aliphatic heterocycles. The fourth-order valence-electron chi connectivity index (χ4n) is 1.52. The minimum Gasteiger partial charge on any atom is -0.457 e. The zero-order valence-corrected chi connectivity index (χ0v) is 10.8. The number of carbonyl (C=O) groups excluding carboxylic acids is 1. The first-order valence-corrected chi connectivity index (χ1v) is 5.65. The molecule has 19 heavy (non-hydrogen) atoms. The fraction of sp³-hybridized carbons (Fsp3) is 0.364. The van der Waals surface area contributed by atoms with E-state index in [0.717, 1.165) is 5.69 Å². The van der Waals surface area contributed by atoms with Gasteiger partial charge in [0.1, 0.15) is 12.3 Å². The van der Waals surface area contributed by atoms with Gasteiger partial charge in [-0.2, -0.15) is 0 Å². The molecule has 2 rings (SSSR count). The van der Waals surface area contributed by atoms with Crippen molar-refractivity contribution in [3.63, 3.8) is 0 Å². The molecule has 0 atom stereocenters. The first-order valence-electron chi connectivity index (χ1n) is 5.65. The molecule has 0 saturated carbocycles. The lowest BCUT2D eigenvalue weighted by Gasteiger charge is -2.01. The van der Waals surface area contributed by atoms with E-state index in [1.165, 1.54) is 6.08 Å². The summed E-state index contributed by atoms with van der Waals surface area (Å²) < 4.78 is 8.10. The quantitative estimate of drug-likeness (QED) is 0.561. The van der Waals surface area contributed by atoms with Crippen LogP contribution < -0.4 is 0 Å². The van der Waals surface area contributed by atoms with Crippen LogP contribution in [-0.4, -0.2) is 42.6 Å².